The monoisotopic (exact) mass is 381 g/mol. The molecule has 0 radical (unpaired) electrons. The van der Waals surface area contributed by atoms with Gasteiger partial charge in [-0.2, -0.15) is 13.2 Å². The normalized spacial score (nSPS) is 13.5. The van der Waals surface area contributed by atoms with Crippen molar-refractivity contribution in [2.24, 2.45) is 5.92 Å². The minimum absolute atomic E-state index is 0.0285. The van der Waals surface area contributed by atoms with E-state index in [0.29, 0.717) is 16.1 Å². The molecular weight excluding hydrogens is 363 g/mol. The van der Waals surface area contributed by atoms with Crippen molar-refractivity contribution in [3.05, 3.63) is 47.5 Å². The summed E-state index contributed by atoms with van der Waals surface area (Å²) in [6, 6.07) is 5.41. The molecule has 1 unspecified atom stereocenters. The van der Waals surface area contributed by atoms with Crippen molar-refractivity contribution < 1.29 is 18.0 Å². The SMILES string of the molecule is CCC(CC)C(c1ccc2nc(C(=O)C(F)(F)F)sc2c1)n1ccnc1. The first-order chi connectivity index (χ1) is 12.3. The van der Waals surface area contributed by atoms with Gasteiger partial charge in [0, 0.05) is 12.4 Å². The first-order valence-electron chi connectivity index (χ1n) is 8.34. The maximum Gasteiger partial charge on any atom is 0.457 e. The fourth-order valence-electron chi connectivity index (χ4n) is 3.20. The van der Waals surface area contributed by atoms with Gasteiger partial charge in [0.15, 0.2) is 5.01 Å². The molecule has 0 aliphatic carbocycles. The van der Waals surface area contributed by atoms with Gasteiger partial charge in [0.1, 0.15) is 0 Å². The Morgan fingerprint density at radius 1 is 1.27 bits per heavy atom. The molecule has 0 fully saturated rings. The quantitative estimate of drug-likeness (QED) is 0.547. The number of nitrogens with zero attached hydrogens (tertiary/aromatic N) is 3. The standard InChI is InChI=1S/C18H18F3N3OS/c1-3-11(4-2)15(24-8-7-22-10-24)12-5-6-13-14(9-12)26-17(23-13)16(25)18(19,20)21/h5-11,15H,3-4H2,1-2H3. The predicted octanol–water partition coefficient (Wildman–Crippen LogP) is 5.26. The third-order valence-corrected chi connectivity index (χ3v) is 5.56. The van der Waals surface area contributed by atoms with E-state index in [4.69, 9.17) is 0 Å². The molecule has 3 aromatic rings. The lowest BCUT2D eigenvalue weighted by molar-refractivity contribution is -0.0885. The summed E-state index contributed by atoms with van der Waals surface area (Å²) in [7, 11) is 0. The fourth-order valence-corrected chi connectivity index (χ4v) is 4.17. The molecule has 8 heteroatoms. The van der Waals surface area contributed by atoms with E-state index < -0.39 is 17.0 Å². The second-order valence-electron chi connectivity index (χ2n) is 6.10. The number of fused-ring (bicyclic) bond motifs is 1. The summed E-state index contributed by atoms with van der Waals surface area (Å²) in [5.74, 6) is -1.54. The molecule has 2 heterocycles. The zero-order chi connectivity index (χ0) is 18.9. The number of alkyl halides is 3. The van der Waals surface area contributed by atoms with Gasteiger partial charge >= 0.3 is 6.18 Å². The highest BCUT2D eigenvalue weighted by molar-refractivity contribution is 7.20. The minimum atomic E-state index is -4.91. The number of aromatic nitrogens is 3. The average Bonchev–Trinajstić information content (AvgIpc) is 3.26. The zero-order valence-electron chi connectivity index (χ0n) is 14.3. The van der Waals surface area contributed by atoms with Gasteiger partial charge in [0.05, 0.1) is 22.6 Å². The van der Waals surface area contributed by atoms with Gasteiger partial charge in [-0.25, -0.2) is 9.97 Å². The Bertz CT molecular complexity index is 898. The minimum Gasteiger partial charge on any atom is -0.330 e. The smallest absolute Gasteiger partial charge is 0.330 e. The lowest BCUT2D eigenvalue weighted by atomic mass is 9.88. The molecule has 0 aliphatic rings. The first-order valence-corrected chi connectivity index (χ1v) is 9.16. The van der Waals surface area contributed by atoms with Crippen LogP contribution in [-0.4, -0.2) is 26.5 Å². The molecule has 3 rings (SSSR count). The third kappa shape index (κ3) is 3.51. The molecule has 0 saturated heterocycles. The molecule has 1 atom stereocenters. The van der Waals surface area contributed by atoms with Gasteiger partial charge in [0.2, 0.25) is 0 Å². The van der Waals surface area contributed by atoms with Crippen LogP contribution in [0.5, 0.6) is 0 Å². The molecule has 138 valence electrons. The molecule has 0 N–H and O–H groups in total. The van der Waals surface area contributed by atoms with Crippen LogP contribution in [0.1, 0.15) is 48.1 Å². The number of benzene rings is 1. The maximum absolute atomic E-state index is 12.7. The highest BCUT2D eigenvalue weighted by Gasteiger charge is 2.41. The Labute approximate surface area is 152 Å². The Morgan fingerprint density at radius 3 is 2.58 bits per heavy atom. The molecule has 0 amide bonds. The number of hydrogen-bond donors (Lipinski definition) is 0. The fraction of sp³-hybridized carbons (Fsp3) is 0.389. The van der Waals surface area contributed by atoms with E-state index in [2.05, 4.69) is 23.8 Å². The van der Waals surface area contributed by atoms with Gasteiger partial charge in [-0.05, 0) is 23.6 Å². The van der Waals surface area contributed by atoms with Crippen molar-refractivity contribution in [2.75, 3.05) is 0 Å². The van der Waals surface area contributed by atoms with E-state index in [-0.39, 0.29) is 6.04 Å². The van der Waals surface area contributed by atoms with E-state index in [1.54, 1.807) is 18.6 Å². The largest absolute Gasteiger partial charge is 0.457 e. The first kappa shape index (κ1) is 18.6. The van der Waals surface area contributed by atoms with E-state index in [9.17, 15) is 18.0 Å². The van der Waals surface area contributed by atoms with Crippen molar-refractivity contribution in [3.63, 3.8) is 0 Å². The summed E-state index contributed by atoms with van der Waals surface area (Å²) in [5.41, 5.74) is 1.37. The number of carbonyl (C=O) groups is 1. The van der Waals surface area contributed by atoms with Gasteiger partial charge in [-0.15, -0.1) is 11.3 Å². The summed E-state index contributed by atoms with van der Waals surface area (Å²) in [6.07, 6.45) is 2.35. The van der Waals surface area contributed by atoms with Gasteiger partial charge in [-0.3, -0.25) is 4.79 Å². The van der Waals surface area contributed by atoms with E-state index >= 15 is 0 Å². The van der Waals surface area contributed by atoms with Crippen molar-refractivity contribution in [3.8, 4) is 0 Å². The summed E-state index contributed by atoms with van der Waals surface area (Å²) < 4.78 is 40.6. The molecule has 0 spiro atoms. The van der Waals surface area contributed by atoms with Crippen LogP contribution >= 0.6 is 11.3 Å². The number of carbonyl (C=O) groups excluding carboxylic acids is 1. The van der Waals surface area contributed by atoms with Crippen LogP contribution < -0.4 is 0 Å². The Morgan fingerprint density at radius 2 is 2.00 bits per heavy atom. The van der Waals surface area contributed by atoms with Crippen molar-refractivity contribution in [2.45, 2.75) is 38.9 Å². The highest BCUT2D eigenvalue weighted by Crippen LogP contribution is 2.35. The Kier molecular flexibility index (Phi) is 5.13. The Balaban J connectivity index is 2.05. The van der Waals surface area contributed by atoms with E-state index in [1.807, 2.05) is 22.9 Å². The number of rotatable bonds is 6. The van der Waals surface area contributed by atoms with Gasteiger partial charge in [-0.1, -0.05) is 32.8 Å². The number of Topliss-reactive ketones (excluding diaryl/α,β-unsaturated/α-hetero) is 1. The lowest BCUT2D eigenvalue weighted by Gasteiger charge is -2.27. The van der Waals surface area contributed by atoms with Crippen molar-refractivity contribution in [1.82, 2.24) is 14.5 Å². The second-order valence-corrected chi connectivity index (χ2v) is 7.14. The highest BCUT2D eigenvalue weighted by atomic mass is 32.1. The zero-order valence-corrected chi connectivity index (χ0v) is 15.1. The van der Waals surface area contributed by atoms with Gasteiger partial charge in [0.25, 0.3) is 5.78 Å². The average molecular weight is 381 g/mol. The molecule has 2 aromatic heterocycles. The van der Waals surface area contributed by atoms with Crippen LogP contribution in [0.3, 0.4) is 0 Å². The molecule has 0 bridgehead atoms. The summed E-state index contributed by atoms with van der Waals surface area (Å²) in [6.45, 7) is 4.23. The van der Waals surface area contributed by atoms with Crippen LogP contribution in [0.25, 0.3) is 10.2 Å². The summed E-state index contributed by atoms with van der Waals surface area (Å²) >= 11 is 0.782. The van der Waals surface area contributed by atoms with Crippen LogP contribution in [0, 0.1) is 5.92 Å². The van der Waals surface area contributed by atoms with Crippen LogP contribution in [0.2, 0.25) is 0 Å². The molecule has 0 saturated carbocycles. The lowest BCUT2D eigenvalue weighted by Crippen LogP contribution is -2.22. The molecule has 4 nitrogen and oxygen atoms in total. The van der Waals surface area contributed by atoms with Crippen molar-refractivity contribution >= 4 is 27.3 Å². The van der Waals surface area contributed by atoms with Crippen LogP contribution in [0.15, 0.2) is 36.9 Å². The van der Waals surface area contributed by atoms with Crippen LogP contribution in [0.4, 0.5) is 13.2 Å². The number of thiazole rings is 1. The van der Waals surface area contributed by atoms with Crippen molar-refractivity contribution in [1.29, 1.82) is 0 Å². The third-order valence-electron chi connectivity index (χ3n) is 4.55. The molecule has 1 aromatic carbocycles. The van der Waals surface area contributed by atoms with E-state index in [0.717, 1.165) is 29.7 Å². The summed E-state index contributed by atoms with van der Waals surface area (Å²) in [5, 5.41) is -0.522. The predicted molar refractivity (Wildman–Crippen MR) is 94.4 cm³/mol. The van der Waals surface area contributed by atoms with Gasteiger partial charge < -0.3 is 4.57 Å². The van der Waals surface area contributed by atoms with E-state index in [1.165, 1.54) is 0 Å². The topological polar surface area (TPSA) is 47.8 Å². The number of ketones is 1. The number of halogens is 3. The second kappa shape index (κ2) is 7.19. The number of imidazole rings is 1. The molecule has 0 aliphatic heterocycles. The Hall–Kier alpha value is -2.22. The molecular formula is C18H18F3N3OS. The summed E-state index contributed by atoms with van der Waals surface area (Å²) in [4.78, 5) is 19.4. The number of hydrogen-bond acceptors (Lipinski definition) is 4. The maximum atomic E-state index is 12.7. The van der Waals surface area contributed by atoms with Crippen LogP contribution in [-0.2, 0) is 0 Å². The molecule has 26 heavy (non-hydrogen) atoms.